The third kappa shape index (κ3) is 5.55. The number of carbonyl (C=O) groups is 1. The van der Waals surface area contributed by atoms with E-state index >= 15 is 0 Å². The highest BCUT2D eigenvalue weighted by Crippen LogP contribution is 2.28. The highest BCUT2D eigenvalue weighted by molar-refractivity contribution is 6.36. The van der Waals surface area contributed by atoms with E-state index in [1.54, 1.807) is 47.1 Å². The van der Waals surface area contributed by atoms with E-state index in [1.807, 2.05) is 38.1 Å². The Balaban J connectivity index is 1.43. The Labute approximate surface area is 213 Å². The van der Waals surface area contributed by atoms with Crippen molar-refractivity contribution in [3.8, 4) is 5.75 Å². The van der Waals surface area contributed by atoms with E-state index in [0.29, 0.717) is 45.2 Å². The first kappa shape index (κ1) is 24.1. The number of aryl methyl sites for hydroxylation is 1. The lowest BCUT2D eigenvalue weighted by atomic mass is 10.1. The number of hydrogen-bond donors (Lipinski definition) is 1. The average Bonchev–Trinajstić information content (AvgIpc) is 3.09. The van der Waals surface area contributed by atoms with Crippen LogP contribution in [0.15, 0.2) is 66.7 Å². The molecule has 0 saturated heterocycles. The highest BCUT2D eigenvalue weighted by atomic mass is 35.5. The van der Waals surface area contributed by atoms with Crippen LogP contribution in [0.2, 0.25) is 15.1 Å². The van der Waals surface area contributed by atoms with Gasteiger partial charge in [0, 0.05) is 26.2 Å². The third-order valence-electron chi connectivity index (χ3n) is 5.42. The van der Waals surface area contributed by atoms with E-state index in [-0.39, 0.29) is 5.91 Å². The summed E-state index contributed by atoms with van der Waals surface area (Å²) in [7, 11) is 0. The van der Waals surface area contributed by atoms with Gasteiger partial charge < -0.3 is 10.1 Å². The molecule has 0 radical (unpaired) electrons. The van der Waals surface area contributed by atoms with E-state index in [1.165, 1.54) is 0 Å². The third-order valence-corrected chi connectivity index (χ3v) is 6.39. The minimum absolute atomic E-state index is 0.216. The summed E-state index contributed by atoms with van der Waals surface area (Å²) >= 11 is 18.5. The van der Waals surface area contributed by atoms with Crippen molar-refractivity contribution in [2.24, 2.45) is 0 Å². The first-order valence-electron chi connectivity index (χ1n) is 10.6. The summed E-state index contributed by atoms with van der Waals surface area (Å²) < 4.78 is 7.54. The lowest BCUT2D eigenvalue weighted by Gasteiger charge is -2.10. The van der Waals surface area contributed by atoms with E-state index in [9.17, 15) is 4.79 Å². The zero-order chi connectivity index (χ0) is 24.2. The molecule has 0 aliphatic carbocycles. The molecule has 4 rings (SSSR count). The molecule has 0 aliphatic heterocycles. The fourth-order valence-electron chi connectivity index (χ4n) is 3.50. The molecule has 0 atom stereocenters. The van der Waals surface area contributed by atoms with Crippen LogP contribution in [0.3, 0.4) is 0 Å². The van der Waals surface area contributed by atoms with Crippen LogP contribution in [0.5, 0.6) is 5.75 Å². The Morgan fingerprint density at radius 2 is 1.59 bits per heavy atom. The maximum Gasteiger partial charge on any atom is 0.255 e. The van der Waals surface area contributed by atoms with Crippen LogP contribution in [-0.2, 0) is 13.2 Å². The predicted molar refractivity (Wildman–Crippen MR) is 137 cm³/mol. The number of benzene rings is 3. The van der Waals surface area contributed by atoms with Crippen LogP contribution in [0.25, 0.3) is 0 Å². The van der Waals surface area contributed by atoms with Crippen molar-refractivity contribution in [1.29, 1.82) is 0 Å². The van der Waals surface area contributed by atoms with Gasteiger partial charge in [-0.05, 0) is 67.9 Å². The monoisotopic (exact) mass is 513 g/mol. The van der Waals surface area contributed by atoms with Gasteiger partial charge in [-0.3, -0.25) is 9.48 Å². The summed E-state index contributed by atoms with van der Waals surface area (Å²) in [6.45, 7) is 4.55. The standard InChI is InChI=1S/C26H22Cl3N3O2/c1-16-25(17(2)32(31-16)14-22-23(28)4-3-5-24(22)29)30-26(33)19-8-6-18(7-9-19)15-34-21-12-10-20(27)11-13-21/h3-13H,14-15H2,1-2H3,(H,30,33). The maximum atomic E-state index is 12.9. The van der Waals surface area contributed by atoms with Crippen LogP contribution in [0.1, 0.15) is 32.9 Å². The largest absolute Gasteiger partial charge is 0.489 e. The van der Waals surface area contributed by atoms with Crippen molar-refractivity contribution in [3.05, 3.63) is 110 Å². The van der Waals surface area contributed by atoms with Gasteiger partial charge >= 0.3 is 0 Å². The van der Waals surface area contributed by atoms with Crippen LogP contribution < -0.4 is 10.1 Å². The predicted octanol–water partition coefficient (Wildman–Crippen LogP) is 7.34. The molecule has 1 heterocycles. The zero-order valence-electron chi connectivity index (χ0n) is 18.6. The topological polar surface area (TPSA) is 56.2 Å². The first-order chi connectivity index (χ1) is 16.3. The first-order valence-corrected chi connectivity index (χ1v) is 11.7. The van der Waals surface area contributed by atoms with Crippen molar-refractivity contribution in [2.45, 2.75) is 27.0 Å². The summed E-state index contributed by atoms with van der Waals surface area (Å²) in [6.07, 6.45) is 0. The number of nitrogens with one attached hydrogen (secondary N) is 1. The minimum Gasteiger partial charge on any atom is -0.489 e. The Hall–Kier alpha value is -2.99. The molecule has 0 bridgehead atoms. The lowest BCUT2D eigenvalue weighted by Crippen LogP contribution is -2.13. The number of anilines is 1. The maximum absolute atomic E-state index is 12.9. The number of nitrogens with zero attached hydrogens (tertiary/aromatic N) is 2. The van der Waals surface area contributed by atoms with Crippen molar-refractivity contribution in [1.82, 2.24) is 9.78 Å². The summed E-state index contributed by atoms with van der Waals surface area (Å²) in [4.78, 5) is 12.9. The molecule has 5 nitrogen and oxygen atoms in total. The van der Waals surface area contributed by atoms with Crippen LogP contribution in [0, 0.1) is 13.8 Å². The van der Waals surface area contributed by atoms with E-state index < -0.39 is 0 Å². The fraction of sp³-hybridized carbons (Fsp3) is 0.154. The summed E-state index contributed by atoms with van der Waals surface area (Å²) in [6, 6.07) is 19.9. The van der Waals surface area contributed by atoms with Crippen molar-refractivity contribution < 1.29 is 9.53 Å². The number of halogens is 3. The quantitative estimate of drug-likeness (QED) is 0.281. The van der Waals surface area contributed by atoms with Gasteiger partial charge in [0.2, 0.25) is 0 Å². The molecule has 0 saturated carbocycles. The van der Waals surface area contributed by atoms with Crippen molar-refractivity contribution in [3.63, 3.8) is 0 Å². The van der Waals surface area contributed by atoms with E-state index in [4.69, 9.17) is 39.5 Å². The average molecular weight is 515 g/mol. The van der Waals surface area contributed by atoms with Gasteiger partial charge in [0.25, 0.3) is 5.91 Å². The zero-order valence-corrected chi connectivity index (χ0v) is 20.9. The molecule has 1 aromatic heterocycles. The molecular weight excluding hydrogens is 493 g/mol. The van der Waals surface area contributed by atoms with Crippen LogP contribution >= 0.6 is 34.8 Å². The van der Waals surface area contributed by atoms with Crippen LogP contribution in [0.4, 0.5) is 5.69 Å². The number of hydrogen-bond acceptors (Lipinski definition) is 3. The molecule has 0 spiro atoms. The molecule has 3 aromatic carbocycles. The number of amides is 1. The Morgan fingerprint density at radius 1 is 0.941 bits per heavy atom. The normalized spacial score (nSPS) is 10.9. The summed E-state index contributed by atoms with van der Waals surface area (Å²) in [5.74, 6) is 0.513. The van der Waals surface area contributed by atoms with Gasteiger partial charge in [0.1, 0.15) is 12.4 Å². The Morgan fingerprint density at radius 3 is 2.24 bits per heavy atom. The van der Waals surface area contributed by atoms with Gasteiger partial charge in [-0.1, -0.05) is 53.0 Å². The molecule has 174 valence electrons. The SMILES string of the molecule is Cc1nn(Cc2c(Cl)cccc2Cl)c(C)c1NC(=O)c1ccc(COc2ccc(Cl)cc2)cc1. The van der Waals surface area contributed by atoms with Gasteiger partial charge in [0.15, 0.2) is 0 Å². The van der Waals surface area contributed by atoms with Gasteiger partial charge in [-0.25, -0.2) is 0 Å². The summed E-state index contributed by atoms with van der Waals surface area (Å²) in [5.41, 5.74) is 4.46. The fourth-order valence-corrected chi connectivity index (χ4v) is 4.14. The number of ether oxygens (including phenoxy) is 1. The smallest absolute Gasteiger partial charge is 0.255 e. The minimum atomic E-state index is -0.216. The molecule has 8 heteroatoms. The second-order valence-corrected chi connectivity index (χ2v) is 9.05. The van der Waals surface area contributed by atoms with E-state index in [2.05, 4.69) is 10.4 Å². The molecule has 0 aliphatic rings. The summed E-state index contributed by atoms with van der Waals surface area (Å²) in [5, 5.41) is 9.36. The lowest BCUT2D eigenvalue weighted by molar-refractivity contribution is 0.102. The molecule has 1 N–H and O–H groups in total. The second-order valence-electron chi connectivity index (χ2n) is 7.80. The van der Waals surface area contributed by atoms with Gasteiger partial charge in [-0.15, -0.1) is 0 Å². The Kier molecular flexibility index (Phi) is 7.47. The van der Waals surface area contributed by atoms with Crippen molar-refractivity contribution in [2.75, 3.05) is 5.32 Å². The Bertz CT molecular complexity index is 1300. The highest BCUT2D eigenvalue weighted by Gasteiger charge is 2.17. The van der Waals surface area contributed by atoms with Crippen molar-refractivity contribution >= 4 is 46.4 Å². The number of carbonyl (C=O) groups excluding carboxylic acids is 1. The molecule has 34 heavy (non-hydrogen) atoms. The molecule has 0 fully saturated rings. The second kappa shape index (κ2) is 10.5. The van der Waals surface area contributed by atoms with Crippen LogP contribution in [-0.4, -0.2) is 15.7 Å². The molecule has 1 amide bonds. The number of rotatable bonds is 7. The van der Waals surface area contributed by atoms with Gasteiger partial charge in [-0.2, -0.15) is 5.10 Å². The molecule has 4 aromatic rings. The molecular formula is C26H22Cl3N3O2. The molecule has 0 unspecified atom stereocenters. The number of aromatic nitrogens is 2. The van der Waals surface area contributed by atoms with E-state index in [0.717, 1.165) is 22.6 Å². The van der Waals surface area contributed by atoms with Gasteiger partial charge in [0.05, 0.1) is 23.6 Å².